The van der Waals surface area contributed by atoms with Crippen molar-refractivity contribution in [1.82, 2.24) is 20.4 Å². The second-order valence-electron chi connectivity index (χ2n) is 7.30. The number of hydrogen-bond acceptors (Lipinski definition) is 5. The van der Waals surface area contributed by atoms with E-state index in [0.717, 1.165) is 31.2 Å². The average molecular weight is 292 g/mol. The Morgan fingerprint density at radius 3 is 2.95 bits per heavy atom. The maximum absolute atomic E-state index is 5.43. The van der Waals surface area contributed by atoms with Crippen LogP contribution in [0.1, 0.15) is 51.2 Å². The Morgan fingerprint density at radius 2 is 2.19 bits per heavy atom. The van der Waals surface area contributed by atoms with Gasteiger partial charge in [0.1, 0.15) is 0 Å². The lowest BCUT2D eigenvalue weighted by atomic mass is 9.74. The van der Waals surface area contributed by atoms with E-state index in [4.69, 9.17) is 4.52 Å². The Labute approximate surface area is 127 Å². The highest BCUT2D eigenvalue weighted by atomic mass is 16.5. The van der Waals surface area contributed by atoms with Crippen LogP contribution < -0.4 is 5.32 Å². The summed E-state index contributed by atoms with van der Waals surface area (Å²) in [7, 11) is 0. The van der Waals surface area contributed by atoms with Crippen LogP contribution in [0.3, 0.4) is 0 Å². The van der Waals surface area contributed by atoms with Gasteiger partial charge in [0, 0.05) is 19.5 Å². The van der Waals surface area contributed by atoms with Crippen LogP contribution in [0.5, 0.6) is 0 Å². The number of aromatic nitrogens is 2. The molecule has 0 radical (unpaired) electrons. The highest BCUT2D eigenvalue weighted by Gasteiger charge is 2.36. The third-order valence-electron chi connectivity index (χ3n) is 4.76. The molecule has 1 spiro atoms. The van der Waals surface area contributed by atoms with Gasteiger partial charge in [-0.2, -0.15) is 4.98 Å². The van der Waals surface area contributed by atoms with Gasteiger partial charge in [0.15, 0.2) is 5.82 Å². The maximum atomic E-state index is 5.43. The highest BCUT2D eigenvalue weighted by molar-refractivity contribution is 4.94. The summed E-state index contributed by atoms with van der Waals surface area (Å²) in [5, 5.41) is 7.68. The average Bonchev–Trinajstić information content (AvgIpc) is 2.86. The van der Waals surface area contributed by atoms with Gasteiger partial charge in [0.25, 0.3) is 0 Å². The van der Waals surface area contributed by atoms with Gasteiger partial charge in [-0.25, -0.2) is 0 Å². The van der Waals surface area contributed by atoms with Gasteiger partial charge in [-0.05, 0) is 50.1 Å². The van der Waals surface area contributed by atoms with Gasteiger partial charge in [0.05, 0.1) is 6.54 Å². The number of rotatable bonds is 4. The molecule has 3 rings (SSSR count). The van der Waals surface area contributed by atoms with E-state index in [-0.39, 0.29) is 0 Å². The third-order valence-corrected chi connectivity index (χ3v) is 4.76. The zero-order chi connectivity index (χ0) is 14.7. The van der Waals surface area contributed by atoms with Crippen molar-refractivity contribution < 1.29 is 4.52 Å². The first kappa shape index (κ1) is 15.0. The van der Waals surface area contributed by atoms with Crippen LogP contribution in [0.15, 0.2) is 4.52 Å². The second kappa shape index (κ2) is 6.44. The molecule has 21 heavy (non-hydrogen) atoms. The number of likely N-dealkylation sites (tertiary alicyclic amines) is 1. The van der Waals surface area contributed by atoms with Crippen molar-refractivity contribution in [3.63, 3.8) is 0 Å². The van der Waals surface area contributed by atoms with Crippen molar-refractivity contribution in [3.05, 3.63) is 11.7 Å². The summed E-state index contributed by atoms with van der Waals surface area (Å²) in [6, 6.07) is 0. The van der Waals surface area contributed by atoms with E-state index in [0.29, 0.717) is 11.3 Å². The van der Waals surface area contributed by atoms with Crippen molar-refractivity contribution >= 4 is 0 Å². The van der Waals surface area contributed by atoms with Gasteiger partial charge < -0.3 is 9.84 Å². The SMILES string of the molecule is CC(C)Cc1noc(CN2CCCC3(CCCNC3)C2)n1. The highest BCUT2D eigenvalue weighted by Crippen LogP contribution is 2.36. The molecule has 1 unspecified atom stereocenters. The summed E-state index contributed by atoms with van der Waals surface area (Å²) < 4.78 is 5.43. The lowest BCUT2D eigenvalue weighted by Crippen LogP contribution is -2.50. The maximum Gasteiger partial charge on any atom is 0.240 e. The summed E-state index contributed by atoms with van der Waals surface area (Å²) in [5.74, 6) is 2.21. The standard InChI is InChI=1S/C16H28N4O/c1-13(2)9-14-18-15(21-19-14)10-20-8-4-6-16(12-20)5-3-7-17-11-16/h13,17H,3-12H2,1-2H3. The van der Waals surface area contributed by atoms with Crippen molar-refractivity contribution in [2.45, 2.75) is 52.5 Å². The van der Waals surface area contributed by atoms with Gasteiger partial charge in [0.2, 0.25) is 5.89 Å². The quantitative estimate of drug-likeness (QED) is 0.922. The summed E-state index contributed by atoms with van der Waals surface area (Å²) in [6.07, 6.45) is 6.22. The Morgan fingerprint density at radius 1 is 1.33 bits per heavy atom. The first-order valence-corrected chi connectivity index (χ1v) is 8.40. The molecule has 1 aromatic heterocycles. The lowest BCUT2D eigenvalue weighted by molar-refractivity contribution is 0.0538. The van der Waals surface area contributed by atoms with E-state index >= 15 is 0 Å². The fraction of sp³-hybridized carbons (Fsp3) is 0.875. The molecule has 1 N–H and O–H groups in total. The molecule has 1 aromatic rings. The summed E-state index contributed by atoms with van der Waals surface area (Å²) >= 11 is 0. The summed E-state index contributed by atoms with van der Waals surface area (Å²) in [5.41, 5.74) is 0.483. The molecule has 2 saturated heterocycles. The first-order chi connectivity index (χ1) is 10.2. The molecule has 0 aliphatic carbocycles. The Kier molecular flexibility index (Phi) is 4.60. The van der Waals surface area contributed by atoms with Crippen LogP contribution in [0.25, 0.3) is 0 Å². The van der Waals surface area contributed by atoms with E-state index in [1.165, 1.54) is 45.3 Å². The van der Waals surface area contributed by atoms with E-state index in [1.54, 1.807) is 0 Å². The largest absolute Gasteiger partial charge is 0.338 e. The second-order valence-corrected chi connectivity index (χ2v) is 7.30. The molecule has 1 atom stereocenters. The molecule has 2 fully saturated rings. The molecule has 5 heteroatoms. The van der Waals surface area contributed by atoms with Crippen LogP contribution >= 0.6 is 0 Å². The molecular weight excluding hydrogens is 264 g/mol. The molecule has 118 valence electrons. The third kappa shape index (κ3) is 3.83. The van der Waals surface area contributed by atoms with Crippen molar-refractivity contribution in [1.29, 1.82) is 0 Å². The topological polar surface area (TPSA) is 54.2 Å². The van der Waals surface area contributed by atoms with Gasteiger partial charge in [-0.3, -0.25) is 4.90 Å². The van der Waals surface area contributed by atoms with Gasteiger partial charge in [-0.15, -0.1) is 0 Å². The number of piperidine rings is 2. The minimum atomic E-state index is 0.483. The fourth-order valence-corrected chi connectivity index (χ4v) is 3.82. The normalized spacial score (nSPS) is 27.6. The molecule has 0 amide bonds. The zero-order valence-electron chi connectivity index (χ0n) is 13.4. The van der Waals surface area contributed by atoms with Crippen molar-refractivity contribution in [2.75, 3.05) is 26.2 Å². The van der Waals surface area contributed by atoms with Crippen molar-refractivity contribution in [2.24, 2.45) is 11.3 Å². The number of hydrogen-bond donors (Lipinski definition) is 1. The molecule has 0 saturated carbocycles. The van der Waals surface area contributed by atoms with E-state index < -0.39 is 0 Å². The molecular formula is C16H28N4O. The van der Waals surface area contributed by atoms with Crippen LogP contribution in [0, 0.1) is 11.3 Å². The van der Waals surface area contributed by atoms with E-state index in [9.17, 15) is 0 Å². The van der Waals surface area contributed by atoms with E-state index in [1.807, 2.05) is 0 Å². The Balaban J connectivity index is 1.58. The van der Waals surface area contributed by atoms with E-state index in [2.05, 4.69) is 34.2 Å². The minimum absolute atomic E-state index is 0.483. The monoisotopic (exact) mass is 292 g/mol. The number of nitrogens with zero attached hydrogens (tertiary/aromatic N) is 3. The molecule has 3 heterocycles. The number of nitrogens with one attached hydrogen (secondary N) is 1. The fourth-order valence-electron chi connectivity index (χ4n) is 3.82. The lowest BCUT2D eigenvalue weighted by Gasteiger charge is -2.45. The van der Waals surface area contributed by atoms with Crippen LogP contribution in [0.4, 0.5) is 0 Å². The molecule has 5 nitrogen and oxygen atoms in total. The smallest absolute Gasteiger partial charge is 0.240 e. The summed E-state index contributed by atoms with van der Waals surface area (Å²) in [4.78, 5) is 7.05. The Bertz CT molecular complexity index is 445. The predicted molar refractivity (Wildman–Crippen MR) is 81.9 cm³/mol. The summed E-state index contributed by atoms with van der Waals surface area (Å²) in [6.45, 7) is 9.86. The van der Waals surface area contributed by atoms with Crippen LogP contribution in [0.2, 0.25) is 0 Å². The Hall–Kier alpha value is -0.940. The molecule has 2 aliphatic heterocycles. The van der Waals surface area contributed by atoms with Crippen molar-refractivity contribution in [3.8, 4) is 0 Å². The zero-order valence-corrected chi connectivity index (χ0v) is 13.4. The van der Waals surface area contributed by atoms with Gasteiger partial charge in [-0.1, -0.05) is 19.0 Å². The minimum Gasteiger partial charge on any atom is -0.338 e. The predicted octanol–water partition coefficient (Wildman–Crippen LogP) is 2.23. The molecule has 0 bridgehead atoms. The first-order valence-electron chi connectivity index (χ1n) is 8.40. The van der Waals surface area contributed by atoms with Crippen LogP contribution in [-0.2, 0) is 13.0 Å². The van der Waals surface area contributed by atoms with Gasteiger partial charge >= 0.3 is 0 Å². The molecule has 0 aromatic carbocycles. The van der Waals surface area contributed by atoms with Crippen LogP contribution in [-0.4, -0.2) is 41.2 Å². The molecule has 2 aliphatic rings.